The lowest BCUT2D eigenvalue weighted by atomic mass is 10.00. The van der Waals surface area contributed by atoms with Gasteiger partial charge in [0.15, 0.2) is 12.4 Å². The van der Waals surface area contributed by atoms with Crippen molar-refractivity contribution in [3.05, 3.63) is 85.6 Å². The molecule has 1 saturated heterocycles. The summed E-state index contributed by atoms with van der Waals surface area (Å²) in [6.45, 7) is 5.10. The number of allylic oxidation sites excluding steroid dienone is 13. The van der Waals surface area contributed by atoms with Crippen LogP contribution in [0.15, 0.2) is 85.6 Å². The third-order valence-electron chi connectivity index (χ3n) is 10.1. The lowest BCUT2D eigenvalue weighted by molar-refractivity contribution is -0.297. The molecule has 1 heterocycles. The summed E-state index contributed by atoms with van der Waals surface area (Å²) in [5.74, 6) is -2.10. The normalized spacial score (nSPS) is 20.4. The van der Waals surface area contributed by atoms with Gasteiger partial charge in [0.25, 0.3) is 10.1 Å². The van der Waals surface area contributed by atoms with Crippen LogP contribution in [0.4, 0.5) is 0 Å². The van der Waals surface area contributed by atoms with Crippen molar-refractivity contribution in [2.24, 2.45) is 0 Å². The molecule has 6 atom stereocenters. The summed E-state index contributed by atoms with van der Waals surface area (Å²) in [4.78, 5) is 25.4. The van der Waals surface area contributed by atoms with Crippen molar-refractivity contribution < 1.29 is 56.8 Å². The van der Waals surface area contributed by atoms with Crippen molar-refractivity contribution in [2.75, 3.05) is 19.0 Å². The van der Waals surface area contributed by atoms with Crippen LogP contribution in [0.25, 0.3) is 0 Å². The summed E-state index contributed by atoms with van der Waals surface area (Å²) in [5, 5.41) is 30.9. The fraction of sp³-hybridized carbons (Fsp3) is 0.673. The second kappa shape index (κ2) is 38.3. The molecule has 0 aromatic heterocycles. The largest absolute Gasteiger partial charge is 0.462 e. The van der Waals surface area contributed by atoms with Gasteiger partial charge in [-0.3, -0.25) is 14.1 Å². The van der Waals surface area contributed by atoms with E-state index < -0.39 is 71.2 Å². The molecule has 4 N–H and O–H groups in total. The number of hydrogen-bond donors (Lipinski definition) is 4. The van der Waals surface area contributed by atoms with Gasteiger partial charge in [-0.1, -0.05) is 157 Å². The SMILES string of the molecule is C=CCCCCCCCCCCCCCCCC(=O)OC[C@H](CO[C@H]1O[C@H](CS(=O)(=O)O)[C@@H](O)C(O)C1O)OC(=O)CC/C=C/C/C=C/C/C=C/C/C=C/C/C=C/C/C=C/CC. The third-order valence-corrected chi connectivity index (χ3v) is 10.9. The Morgan fingerprint density at radius 2 is 1.06 bits per heavy atom. The molecule has 13 heteroatoms. The zero-order chi connectivity index (χ0) is 45.5. The number of aliphatic hydroxyl groups is 3. The van der Waals surface area contributed by atoms with E-state index in [1.54, 1.807) is 0 Å². The van der Waals surface area contributed by atoms with Crippen LogP contribution in [0, 0.1) is 0 Å². The minimum Gasteiger partial charge on any atom is -0.462 e. The standard InChI is InChI=1S/C49H80O12S/c1-3-5-7-9-11-13-15-17-19-20-21-22-24-26-28-30-32-34-36-38-45(51)60-42(40-59-49-48(54)47(53)46(52)43(61-49)41-62(55,56)57)39-58-44(50)37-35-33-31-29-27-25-23-18-16-14-12-10-8-6-4-2/h4-5,7,11,13,17,19,21-22,26,28,32,34,42-43,46-49,52-54H,2-3,6,8-10,12,14-16,18,20,23-25,27,29-31,33,35-41H2,1H3,(H,55,56,57)/b7-5+,13-11+,19-17+,22-21+,28-26+,34-32+/t42-,43-,46-,47?,48?,49+/m1/s1. The molecule has 2 unspecified atom stereocenters. The average Bonchev–Trinajstić information content (AvgIpc) is 3.24. The Morgan fingerprint density at radius 1 is 0.597 bits per heavy atom. The first-order valence-electron chi connectivity index (χ1n) is 23.1. The molecule has 0 aromatic rings. The first kappa shape index (κ1) is 56.8. The van der Waals surface area contributed by atoms with Gasteiger partial charge in [-0.15, -0.1) is 6.58 Å². The third kappa shape index (κ3) is 32.5. The van der Waals surface area contributed by atoms with Crippen LogP contribution < -0.4 is 0 Å². The number of hydrogen-bond acceptors (Lipinski definition) is 11. The minimum atomic E-state index is -4.62. The Morgan fingerprint density at radius 3 is 1.55 bits per heavy atom. The van der Waals surface area contributed by atoms with Gasteiger partial charge in [-0.25, -0.2) is 0 Å². The van der Waals surface area contributed by atoms with Crippen molar-refractivity contribution >= 4 is 22.1 Å². The van der Waals surface area contributed by atoms with E-state index in [0.717, 1.165) is 57.8 Å². The van der Waals surface area contributed by atoms with Gasteiger partial charge < -0.3 is 34.3 Å². The Kier molecular flexibility index (Phi) is 35.1. The first-order valence-corrected chi connectivity index (χ1v) is 24.7. The summed E-state index contributed by atoms with van der Waals surface area (Å²) >= 11 is 0. The number of carbonyl (C=O) groups is 2. The maximum Gasteiger partial charge on any atom is 0.306 e. The highest BCUT2D eigenvalue weighted by Gasteiger charge is 2.46. The number of ether oxygens (including phenoxy) is 4. The molecule has 12 nitrogen and oxygen atoms in total. The molecular weight excluding hydrogens is 813 g/mol. The van der Waals surface area contributed by atoms with Crippen LogP contribution in [0.5, 0.6) is 0 Å². The molecular formula is C49H80O12S. The molecule has 1 fully saturated rings. The average molecular weight is 893 g/mol. The topological polar surface area (TPSA) is 186 Å². The molecule has 354 valence electrons. The van der Waals surface area contributed by atoms with E-state index in [-0.39, 0.29) is 19.4 Å². The molecule has 0 bridgehead atoms. The van der Waals surface area contributed by atoms with Gasteiger partial charge in [-0.05, 0) is 64.2 Å². The van der Waals surface area contributed by atoms with E-state index in [2.05, 4.69) is 68.2 Å². The Labute approximate surface area is 373 Å². The molecule has 1 aliphatic heterocycles. The van der Waals surface area contributed by atoms with Gasteiger partial charge in [-0.2, -0.15) is 8.42 Å². The zero-order valence-electron chi connectivity index (χ0n) is 37.5. The Bertz CT molecular complexity index is 1450. The molecule has 1 rings (SSSR count). The number of rotatable bonds is 38. The zero-order valence-corrected chi connectivity index (χ0v) is 38.3. The van der Waals surface area contributed by atoms with Gasteiger partial charge in [0.1, 0.15) is 36.8 Å². The smallest absolute Gasteiger partial charge is 0.306 e. The molecule has 0 radical (unpaired) electrons. The van der Waals surface area contributed by atoms with Gasteiger partial charge in [0.05, 0.1) is 6.61 Å². The van der Waals surface area contributed by atoms with Gasteiger partial charge in [0.2, 0.25) is 0 Å². The van der Waals surface area contributed by atoms with E-state index in [9.17, 15) is 37.9 Å². The van der Waals surface area contributed by atoms with Crippen molar-refractivity contribution in [3.8, 4) is 0 Å². The first-order chi connectivity index (χ1) is 30.0. The molecule has 0 aliphatic carbocycles. The highest BCUT2D eigenvalue weighted by Crippen LogP contribution is 2.24. The number of unbranched alkanes of at least 4 members (excludes halogenated alkanes) is 13. The van der Waals surface area contributed by atoms with Crippen molar-refractivity contribution in [1.82, 2.24) is 0 Å². The van der Waals surface area contributed by atoms with Crippen LogP contribution in [-0.4, -0.2) is 96.0 Å². The quantitative estimate of drug-likeness (QED) is 0.0199. The van der Waals surface area contributed by atoms with Gasteiger partial charge >= 0.3 is 11.9 Å². The van der Waals surface area contributed by atoms with Crippen LogP contribution in [0.3, 0.4) is 0 Å². The summed E-state index contributed by atoms with van der Waals surface area (Å²) < 4.78 is 54.0. The van der Waals surface area contributed by atoms with E-state index in [4.69, 9.17) is 18.9 Å². The second-order valence-corrected chi connectivity index (χ2v) is 17.3. The predicted octanol–water partition coefficient (Wildman–Crippen LogP) is 9.67. The lowest BCUT2D eigenvalue weighted by Gasteiger charge is -2.40. The van der Waals surface area contributed by atoms with Crippen molar-refractivity contribution in [2.45, 2.75) is 191 Å². The number of esters is 2. The molecule has 0 amide bonds. The monoisotopic (exact) mass is 893 g/mol. The van der Waals surface area contributed by atoms with E-state index in [1.807, 2.05) is 24.3 Å². The van der Waals surface area contributed by atoms with E-state index >= 15 is 0 Å². The summed E-state index contributed by atoms with van der Waals surface area (Å²) in [7, 11) is -4.62. The van der Waals surface area contributed by atoms with E-state index in [0.29, 0.717) is 19.3 Å². The number of aliphatic hydroxyl groups excluding tert-OH is 3. The Hall–Kier alpha value is -3.17. The lowest BCUT2D eigenvalue weighted by Crippen LogP contribution is -2.60. The fourth-order valence-electron chi connectivity index (χ4n) is 6.56. The number of carbonyl (C=O) groups excluding carboxylic acids is 2. The highest BCUT2D eigenvalue weighted by molar-refractivity contribution is 7.85. The predicted molar refractivity (Wildman–Crippen MR) is 247 cm³/mol. The minimum absolute atomic E-state index is 0.0347. The highest BCUT2D eigenvalue weighted by atomic mass is 32.2. The molecule has 0 saturated carbocycles. The summed E-state index contributed by atoms with van der Waals surface area (Å²) in [6.07, 6.45) is 39.6. The maximum atomic E-state index is 12.8. The van der Waals surface area contributed by atoms with Crippen LogP contribution >= 0.6 is 0 Å². The Balaban J connectivity index is 2.49. The molecule has 0 aromatic carbocycles. The van der Waals surface area contributed by atoms with Crippen molar-refractivity contribution in [1.29, 1.82) is 0 Å². The maximum absolute atomic E-state index is 12.8. The van der Waals surface area contributed by atoms with Crippen LogP contribution in [-0.2, 0) is 38.7 Å². The van der Waals surface area contributed by atoms with Gasteiger partial charge in [0, 0.05) is 12.8 Å². The fourth-order valence-corrected chi connectivity index (χ4v) is 7.25. The van der Waals surface area contributed by atoms with E-state index in [1.165, 1.54) is 57.8 Å². The summed E-state index contributed by atoms with van der Waals surface area (Å²) in [6, 6.07) is 0. The molecule has 1 aliphatic rings. The van der Waals surface area contributed by atoms with Crippen LogP contribution in [0.1, 0.15) is 155 Å². The molecule has 62 heavy (non-hydrogen) atoms. The summed E-state index contributed by atoms with van der Waals surface area (Å²) in [5.41, 5.74) is 0. The molecule has 0 spiro atoms. The second-order valence-electron chi connectivity index (χ2n) is 15.8. The van der Waals surface area contributed by atoms with Crippen molar-refractivity contribution in [3.63, 3.8) is 0 Å². The van der Waals surface area contributed by atoms with Crippen LogP contribution in [0.2, 0.25) is 0 Å².